The molecule has 0 aromatic heterocycles. The lowest BCUT2D eigenvalue weighted by molar-refractivity contribution is 1.11. The van der Waals surface area contributed by atoms with Crippen molar-refractivity contribution in [2.24, 2.45) is 0 Å². The van der Waals surface area contributed by atoms with Crippen LogP contribution in [0.15, 0.2) is 0 Å². The fourth-order valence-corrected chi connectivity index (χ4v) is 8.15. The summed E-state index contributed by atoms with van der Waals surface area (Å²) in [6, 6.07) is 0.811. The second-order valence-corrected chi connectivity index (χ2v) is 30.2. The van der Waals surface area contributed by atoms with Crippen molar-refractivity contribution in [3.63, 3.8) is 0 Å². The van der Waals surface area contributed by atoms with E-state index in [0.717, 1.165) is 12.4 Å². The molecule has 0 N–H and O–H groups in total. The lowest BCUT2D eigenvalue weighted by Crippen LogP contribution is -2.43. The molecule has 0 radical (unpaired) electrons. The zero-order valence-corrected chi connectivity index (χ0v) is 19.4. The Bertz CT molecular complexity index is 265. The minimum absolute atomic E-state index is 0.208. The summed E-state index contributed by atoms with van der Waals surface area (Å²) in [5.74, 6) is 0. The summed E-state index contributed by atoms with van der Waals surface area (Å²) in [6.07, 6.45) is 0.891. The number of hydrogen-bond donors (Lipinski definition) is 0. The predicted octanol–water partition coefficient (Wildman–Crippen LogP) is 6.99. The molecule has 2 unspecified atom stereocenters. The summed E-state index contributed by atoms with van der Waals surface area (Å²) in [5, 5.41) is 0. The van der Waals surface area contributed by atoms with Gasteiger partial charge in [0.1, 0.15) is 6.71 Å². The zero-order valence-electron chi connectivity index (χ0n) is 11.9. The van der Waals surface area contributed by atoms with Crippen LogP contribution in [0.1, 0.15) is 13.8 Å². The van der Waals surface area contributed by atoms with Crippen molar-refractivity contribution in [3.05, 3.63) is 0 Å². The van der Waals surface area contributed by atoms with Gasteiger partial charge >= 0.3 is 0 Å². The van der Waals surface area contributed by atoms with Gasteiger partial charge in [-0.25, -0.2) is 0 Å². The van der Waals surface area contributed by atoms with Crippen LogP contribution in [0.5, 0.6) is 0 Å². The van der Waals surface area contributed by atoms with Crippen LogP contribution in [-0.2, 0) is 0 Å². The summed E-state index contributed by atoms with van der Waals surface area (Å²) in [6.45, 7) is 3.60. The molecule has 0 aliphatic rings. The molecule has 0 aromatic rings. The molecule has 0 fully saturated rings. The maximum Gasteiger partial charge on any atom is 0.247 e. The minimum Gasteiger partial charge on any atom is -0.147 e. The van der Waals surface area contributed by atoms with Gasteiger partial charge in [0, 0.05) is 0 Å². The molecule has 0 bridgehead atoms. The second-order valence-electron chi connectivity index (χ2n) is 5.76. The van der Waals surface area contributed by atoms with Gasteiger partial charge in [0.2, 0.25) is 20.1 Å². The van der Waals surface area contributed by atoms with E-state index < -0.39 is 20.1 Å². The van der Waals surface area contributed by atoms with Crippen LogP contribution in [-0.4, -0.2) is 26.8 Å². The van der Waals surface area contributed by atoms with Crippen LogP contribution in [0, 0.1) is 0 Å². The van der Waals surface area contributed by atoms with Crippen LogP contribution in [0.3, 0.4) is 0 Å². The van der Waals surface area contributed by atoms with Crippen molar-refractivity contribution >= 4 is 93.3 Å². The third-order valence-corrected chi connectivity index (χ3v) is 14.3. The monoisotopic (exact) mass is 434 g/mol. The van der Waals surface area contributed by atoms with Gasteiger partial charge in [-0.1, -0.05) is 20.2 Å². The van der Waals surface area contributed by atoms with Crippen molar-refractivity contribution in [2.75, 3.05) is 0 Å². The van der Waals surface area contributed by atoms with Gasteiger partial charge in [0.15, 0.2) is 0 Å². The Kier molecular flexibility index (Phi) is 8.84. The van der Waals surface area contributed by atoms with Crippen LogP contribution < -0.4 is 0 Å². The highest BCUT2D eigenvalue weighted by Gasteiger charge is 2.46. The fourth-order valence-electron chi connectivity index (χ4n) is 2.10. The number of rotatable bonds is 7. The smallest absolute Gasteiger partial charge is 0.147 e. The number of halogens is 6. The highest BCUT2D eigenvalue weighted by molar-refractivity contribution is 7.50. The Hall–Kier alpha value is 2.46. The van der Waals surface area contributed by atoms with Gasteiger partial charge in [-0.2, -0.15) is 0 Å². The molecule has 2 atom stereocenters. The van der Waals surface area contributed by atoms with Crippen LogP contribution >= 0.6 is 66.5 Å². The lowest BCUT2D eigenvalue weighted by atomic mass is 9.42. The molecule has 0 saturated heterocycles. The molecule has 114 valence electrons. The van der Waals surface area contributed by atoms with E-state index in [1.807, 2.05) is 19.6 Å². The fraction of sp³-hybridized carbons (Fsp3) is 1.00. The van der Waals surface area contributed by atoms with Gasteiger partial charge in [-0.15, -0.1) is 66.5 Å². The molecule has 0 aliphatic heterocycles. The molecule has 19 heavy (non-hydrogen) atoms. The third kappa shape index (κ3) is 8.60. The summed E-state index contributed by atoms with van der Waals surface area (Å²) in [7, 11) is 0. The van der Waals surface area contributed by atoms with E-state index >= 15 is 0 Å². The Morgan fingerprint density at radius 1 is 0.789 bits per heavy atom. The second kappa shape index (κ2) is 7.83. The highest BCUT2D eigenvalue weighted by atomic mass is 35.7. The van der Waals surface area contributed by atoms with Crippen LogP contribution in [0.25, 0.3) is 0 Å². The molecule has 10 heteroatoms. The Morgan fingerprint density at radius 2 is 1.11 bits per heavy atom. The molecule has 0 rings (SSSR count). The van der Waals surface area contributed by atoms with Gasteiger partial charge < -0.3 is 0 Å². The van der Waals surface area contributed by atoms with Crippen molar-refractivity contribution in [3.8, 4) is 0 Å². The SMILES string of the molecule is CC(B(CC[Si](C)(Cl)Cl)C(C)[Si](C)(Cl)Cl)[Si](C)(Cl)Cl. The van der Waals surface area contributed by atoms with Crippen LogP contribution in [0.4, 0.5) is 0 Å². The molecule has 0 heterocycles. The molecular formula is C9H21BCl6Si3. The van der Waals surface area contributed by atoms with E-state index in [1.165, 1.54) is 0 Å². The van der Waals surface area contributed by atoms with Crippen molar-refractivity contribution < 1.29 is 0 Å². The number of hydrogen-bond acceptors (Lipinski definition) is 0. The first kappa shape index (κ1) is 21.5. The molecule has 0 saturated carbocycles. The Labute approximate surface area is 149 Å². The van der Waals surface area contributed by atoms with E-state index in [0.29, 0.717) is 0 Å². The molecule has 0 spiro atoms. The summed E-state index contributed by atoms with van der Waals surface area (Å²) in [4.78, 5) is 0. The summed E-state index contributed by atoms with van der Waals surface area (Å²) >= 11 is 38.0. The zero-order chi connectivity index (χ0) is 15.6. The van der Waals surface area contributed by atoms with Crippen molar-refractivity contribution in [1.82, 2.24) is 0 Å². The first-order chi connectivity index (χ1) is 8.16. The largest absolute Gasteiger partial charge is 0.247 e. The van der Waals surface area contributed by atoms with Crippen molar-refractivity contribution in [2.45, 2.75) is 56.7 Å². The van der Waals surface area contributed by atoms with Gasteiger partial charge in [-0.3, -0.25) is 0 Å². The van der Waals surface area contributed by atoms with Crippen LogP contribution in [0.2, 0.25) is 42.9 Å². The normalized spacial score (nSPS) is 17.2. The van der Waals surface area contributed by atoms with E-state index in [2.05, 4.69) is 13.8 Å². The lowest BCUT2D eigenvalue weighted by Gasteiger charge is -2.35. The first-order valence-corrected chi connectivity index (χ1v) is 20.2. The molecule has 0 aliphatic carbocycles. The molecular weight excluding hydrogens is 416 g/mol. The quantitative estimate of drug-likeness (QED) is 0.298. The van der Waals surface area contributed by atoms with E-state index in [1.54, 1.807) is 0 Å². The molecule has 0 aromatic carbocycles. The first-order valence-electron chi connectivity index (χ1n) is 6.29. The average molecular weight is 437 g/mol. The standard InChI is InChI=1S/C9H21BCl6Si3/c1-8(18(4,13)14)10(6-7-17(3,11)12)9(2)19(5,15)16/h8-9H,6-7H2,1-5H3. The van der Waals surface area contributed by atoms with E-state index in [-0.39, 0.29) is 17.6 Å². The maximum absolute atomic E-state index is 6.40. The van der Waals surface area contributed by atoms with Gasteiger partial charge in [-0.05, 0) is 36.6 Å². The highest BCUT2D eigenvalue weighted by Crippen LogP contribution is 2.44. The van der Waals surface area contributed by atoms with Gasteiger partial charge in [0.25, 0.3) is 0 Å². The average Bonchev–Trinajstić information content (AvgIpc) is 2.12. The topological polar surface area (TPSA) is 0 Å². The summed E-state index contributed by atoms with van der Waals surface area (Å²) < 4.78 is 0. The minimum atomic E-state index is -2.28. The Morgan fingerprint density at radius 3 is 1.32 bits per heavy atom. The van der Waals surface area contributed by atoms with Gasteiger partial charge in [0.05, 0.1) is 0 Å². The van der Waals surface area contributed by atoms with Crippen molar-refractivity contribution in [1.29, 1.82) is 0 Å². The molecule has 0 nitrogen and oxygen atoms in total. The summed E-state index contributed by atoms with van der Waals surface area (Å²) in [5.41, 5.74) is 0.416. The predicted molar refractivity (Wildman–Crippen MR) is 104 cm³/mol. The van der Waals surface area contributed by atoms with E-state index in [9.17, 15) is 0 Å². The third-order valence-electron chi connectivity index (χ3n) is 3.80. The Balaban J connectivity index is 5.05. The van der Waals surface area contributed by atoms with E-state index in [4.69, 9.17) is 66.5 Å². The molecule has 0 amide bonds. The maximum atomic E-state index is 6.40.